The van der Waals surface area contributed by atoms with E-state index in [0.717, 1.165) is 22.4 Å². The van der Waals surface area contributed by atoms with Crippen LogP contribution in [0.25, 0.3) is 6.08 Å². The van der Waals surface area contributed by atoms with Crippen molar-refractivity contribution in [3.05, 3.63) is 100 Å². The molecular weight excluding hydrogens is 470 g/mol. The van der Waals surface area contributed by atoms with Gasteiger partial charge in [-0.05, 0) is 55.3 Å². The van der Waals surface area contributed by atoms with Crippen LogP contribution in [0.1, 0.15) is 39.9 Å². The fourth-order valence-corrected chi connectivity index (χ4v) is 5.65. The second kappa shape index (κ2) is 9.19. The number of ketones is 1. The monoisotopic (exact) mass is 493 g/mol. The number of hydrogen-bond acceptors (Lipinski definition) is 5. The lowest BCUT2D eigenvalue weighted by Gasteiger charge is -2.35. The average molecular weight is 494 g/mol. The Morgan fingerprint density at radius 2 is 1.75 bits per heavy atom. The molecule has 178 valence electrons. The zero-order valence-electron chi connectivity index (χ0n) is 20.0. The minimum atomic E-state index is -1.49. The van der Waals surface area contributed by atoms with Crippen LogP contribution in [-0.2, 0) is 0 Å². The third-order valence-corrected chi connectivity index (χ3v) is 7.36. The Kier molecular flexibility index (Phi) is 6.04. The van der Waals surface area contributed by atoms with Gasteiger partial charge in [0.1, 0.15) is 11.8 Å². The molecule has 0 aromatic heterocycles. The van der Waals surface area contributed by atoms with E-state index in [9.17, 15) is 15.3 Å². The van der Waals surface area contributed by atoms with Gasteiger partial charge in [-0.25, -0.2) is 0 Å². The minimum absolute atomic E-state index is 0.137. The standard InChI is InChI=1S/C30H24ClN3O2/c1-3-36-24-12-8-20(9-13-24)27-28(29(35)21-6-4-19(2)5-7-21)34-25-14-11-23(31)16-22(25)10-15-26(34)30(27,17-32)18-33/h4-16,26-28H,3H2,1-2H3/t26-,27-,28+/m0/s1. The highest BCUT2D eigenvalue weighted by molar-refractivity contribution is 6.30. The largest absolute Gasteiger partial charge is 0.494 e. The molecule has 1 fully saturated rings. The predicted molar refractivity (Wildman–Crippen MR) is 140 cm³/mol. The van der Waals surface area contributed by atoms with Crippen LogP contribution in [0.4, 0.5) is 5.69 Å². The molecule has 2 heterocycles. The summed E-state index contributed by atoms with van der Waals surface area (Å²) in [6, 6.07) is 23.5. The Balaban J connectivity index is 1.74. The first-order valence-electron chi connectivity index (χ1n) is 11.9. The predicted octanol–water partition coefficient (Wildman–Crippen LogP) is 6.33. The molecule has 0 radical (unpaired) electrons. The van der Waals surface area contributed by atoms with Gasteiger partial charge in [-0.3, -0.25) is 4.79 Å². The quantitative estimate of drug-likeness (QED) is 0.388. The molecule has 1 saturated heterocycles. The minimum Gasteiger partial charge on any atom is -0.494 e. The molecule has 2 aliphatic heterocycles. The number of Topliss-reactive ketones (excluding diaryl/α,β-unsaturated/α-hetero) is 1. The van der Waals surface area contributed by atoms with Gasteiger partial charge in [-0.1, -0.05) is 65.7 Å². The van der Waals surface area contributed by atoms with Crippen LogP contribution in [0.15, 0.2) is 72.8 Å². The summed E-state index contributed by atoms with van der Waals surface area (Å²) in [6.45, 7) is 4.40. The number of carbonyl (C=O) groups excluding carboxylic acids is 1. The number of rotatable bonds is 5. The van der Waals surface area contributed by atoms with Crippen molar-refractivity contribution in [3.8, 4) is 17.9 Å². The maximum Gasteiger partial charge on any atom is 0.185 e. The van der Waals surface area contributed by atoms with Crippen molar-refractivity contribution in [1.29, 1.82) is 10.5 Å². The Morgan fingerprint density at radius 3 is 2.39 bits per heavy atom. The van der Waals surface area contributed by atoms with E-state index in [2.05, 4.69) is 12.1 Å². The van der Waals surface area contributed by atoms with E-state index in [0.29, 0.717) is 22.9 Å². The van der Waals surface area contributed by atoms with Gasteiger partial charge >= 0.3 is 0 Å². The molecular formula is C30H24ClN3O2. The summed E-state index contributed by atoms with van der Waals surface area (Å²) in [5.74, 6) is -0.145. The van der Waals surface area contributed by atoms with E-state index in [1.807, 2.05) is 91.6 Å². The Bertz CT molecular complexity index is 1420. The molecule has 3 aromatic carbocycles. The van der Waals surface area contributed by atoms with Crippen LogP contribution in [-0.4, -0.2) is 24.5 Å². The van der Waals surface area contributed by atoms with E-state index in [4.69, 9.17) is 16.3 Å². The topological polar surface area (TPSA) is 77.1 Å². The molecule has 0 spiro atoms. The Labute approximate surface area is 215 Å². The smallest absolute Gasteiger partial charge is 0.185 e. The fourth-order valence-electron chi connectivity index (χ4n) is 5.46. The molecule has 2 aliphatic rings. The van der Waals surface area contributed by atoms with Crippen LogP contribution >= 0.6 is 11.6 Å². The second-order valence-electron chi connectivity index (χ2n) is 9.16. The molecule has 0 aliphatic carbocycles. The molecule has 3 aromatic rings. The second-order valence-corrected chi connectivity index (χ2v) is 9.60. The Hall–Kier alpha value is -4.06. The number of anilines is 1. The van der Waals surface area contributed by atoms with Gasteiger partial charge in [0.05, 0.1) is 24.8 Å². The zero-order valence-corrected chi connectivity index (χ0v) is 20.7. The van der Waals surface area contributed by atoms with Gasteiger partial charge in [0.15, 0.2) is 11.2 Å². The van der Waals surface area contributed by atoms with Crippen LogP contribution in [0.2, 0.25) is 5.02 Å². The van der Waals surface area contributed by atoms with Gasteiger partial charge in [-0.2, -0.15) is 10.5 Å². The van der Waals surface area contributed by atoms with E-state index in [-0.39, 0.29) is 5.78 Å². The molecule has 0 unspecified atom stereocenters. The van der Waals surface area contributed by atoms with Crippen LogP contribution in [0.5, 0.6) is 5.75 Å². The van der Waals surface area contributed by atoms with Gasteiger partial charge in [-0.15, -0.1) is 0 Å². The summed E-state index contributed by atoms with van der Waals surface area (Å²) < 4.78 is 5.60. The first kappa shape index (κ1) is 23.7. The number of aryl methyl sites for hydroxylation is 1. The molecule has 5 nitrogen and oxygen atoms in total. The van der Waals surface area contributed by atoms with E-state index >= 15 is 0 Å². The lowest BCUT2D eigenvalue weighted by Crippen LogP contribution is -2.44. The molecule has 0 amide bonds. The highest BCUT2D eigenvalue weighted by Gasteiger charge is 2.63. The third kappa shape index (κ3) is 3.65. The summed E-state index contributed by atoms with van der Waals surface area (Å²) in [6.07, 6.45) is 3.74. The molecule has 0 saturated carbocycles. The number of ether oxygens (including phenoxy) is 1. The highest BCUT2D eigenvalue weighted by atomic mass is 35.5. The maximum atomic E-state index is 14.2. The van der Waals surface area contributed by atoms with Crippen LogP contribution in [0, 0.1) is 35.0 Å². The molecule has 36 heavy (non-hydrogen) atoms. The third-order valence-electron chi connectivity index (χ3n) is 7.12. The van der Waals surface area contributed by atoms with Crippen molar-refractivity contribution in [2.75, 3.05) is 11.5 Å². The number of halogens is 1. The number of benzene rings is 3. The summed E-state index contributed by atoms with van der Waals surface area (Å²) >= 11 is 6.27. The SMILES string of the molecule is CCOc1ccc([C@H]2[C@H](C(=O)c3ccc(C)cc3)N3c4ccc(Cl)cc4C=C[C@H]3C2(C#N)C#N)cc1. The fraction of sp³-hybridized carbons (Fsp3) is 0.233. The number of carbonyl (C=O) groups is 1. The van der Waals surface area contributed by atoms with Crippen molar-refractivity contribution >= 4 is 29.1 Å². The van der Waals surface area contributed by atoms with E-state index in [1.54, 1.807) is 6.07 Å². The first-order valence-corrected chi connectivity index (χ1v) is 12.2. The average Bonchev–Trinajstić information content (AvgIpc) is 3.20. The number of nitrogens with zero attached hydrogens (tertiary/aromatic N) is 3. The van der Waals surface area contributed by atoms with Gasteiger partial charge in [0, 0.05) is 22.2 Å². The molecule has 5 rings (SSSR count). The normalized spacial score (nSPS) is 21.1. The lowest BCUT2D eigenvalue weighted by molar-refractivity contribution is 0.0951. The van der Waals surface area contributed by atoms with E-state index < -0.39 is 23.4 Å². The van der Waals surface area contributed by atoms with Crippen molar-refractivity contribution < 1.29 is 9.53 Å². The molecule has 6 heteroatoms. The summed E-state index contributed by atoms with van der Waals surface area (Å²) in [5, 5.41) is 21.6. The lowest BCUT2D eigenvalue weighted by atomic mass is 9.69. The maximum absolute atomic E-state index is 14.2. The molecule has 0 N–H and O–H groups in total. The number of hydrogen-bond donors (Lipinski definition) is 0. The summed E-state index contributed by atoms with van der Waals surface area (Å²) in [5.41, 5.74) is 2.45. The van der Waals surface area contributed by atoms with E-state index in [1.165, 1.54) is 0 Å². The zero-order chi connectivity index (χ0) is 25.4. The van der Waals surface area contributed by atoms with Crippen molar-refractivity contribution in [3.63, 3.8) is 0 Å². The number of nitriles is 2. The van der Waals surface area contributed by atoms with Crippen molar-refractivity contribution in [2.24, 2.45) is 5.41 Å². The van der Waals surface area contributed by atoms with Crippen LogP contribution < -0.4 is 9.64 Å². The van der Waals surface area contributed by atoms with Gasteiger partial charge in [0.25, 0.3) is 0 Å². The summed E-state index contributed by atoms with van der Waals surface area (Å²) in [7, 11) is 0. The number of fused-ring (bicyclic) bond motifs is 3. The summed E-state index contributed by atoms with van der Waals surface area (Å²) in [4.78, 5) is 16.2. The van der Waals surface area contributed by atoms with Crippen LogP contribution in [0.3, 0.4) is 0 Å². The Morgan fingerprint density at radius 1 is 1.06 bits per heavy atom. The van der Waals surface area contributed by atoms with Gasteiger partial charge in [0.2, 0.25) is 0 Å². The highest BCUT2D eigenvalue weighted by Crippen LogP contribution is 2.55. The first-order chi connectivity index (χ1) is 17.4. The van der Waals surface area contributed by atoms with Crippen molar-refractivity contribution in [1.82, 2.24) is 0 Å². The molecule has 3 atom stereocenters. The van der Waals surface area contributed by atoms with Crippen molar-refractivity contribution in [2.45, 2.75) is 31.8 Å². The van der Waals surface area contributed by atoms with Gasteiger partial charge < -0.3 is 9.64 Å². The molecule has 0 bridgehead atoms.